The van der Waals surface area contributed by atoms with Gasteiger partial charge in [-0.25, -0.2) is 24.9 Å². The maximum absolute atomic E-state index is 13.6. The van der Waals surface area contributed by atoms with Crippen LogP contribution >= 0.6 is 11.6 Å². The molecule has 0 saturated heterocycles. The number of halogens is 1. The van der Waals surface area contributed by atoms with Gasteiger partial charge < -0.3 is 25.5 Å². The molecule has 3 N–H and O–H groups in total. The predicted molar refractivity (Wildman–Crippen MR) is 158 cm³/mol. The number of benzene rings is 1. The number of fused-ring (bicyclic) bond motifs is 1. The Morgan fingerprint density at radius 2 is 1.95 bits per heavy atom. The molecule has 0 bridgehead atoms. The van der Waals surface area contributed by atoms with Gasteiger partial charge in [-0.3, -0.25) is 9.59 Å². The zero-order chi connectivity index (χ0) is 30.0. The molecule has 42 heavy (non-hydrogen) atoms. The molecule has 4 heterocycles. The van der Waals surface area contributed by atoms with E-state index in [-0.39, 0.29) is 30.7 Å². The highest BCUT2D eigenvalue weighted by atomic mass is 35.5. The topological polar surface area (TPSA) is 149 Å². The molecule has 3 aromatic heterocycles. The molecular weight excluding hydrogens is 558 g/mol. The summed E-state index contributed by atoms with van der Waals surface area (Å²) in [5.74, 6) is 1.39. The highest BCUT2D eigenvalue weighted by molar-refractivity contribution is 6.33. The van der Waals surface area contributed by atoms with Crippen LogP contribution in [-0.2, 0) is 11.3 Å². The molecule has 2 amide bonds. The van der Waals surface area contributed by atoms with Gasteiger partial charge in [0, 0.05) is 44.4 Å². The van der Waals surface area contributed by atoms with Crippen LogP contribution in [0.2, 0.25) is 5.02 Å². The van der Waals surface area contributed by atoms with Gasteiger partial charge in [-0.2, -0.15) is 0 Å². The summed E-state index contributed by atoms with van der Waals surface area (Å²) in [7, 11) is 3.70. The molecular formula is C29H30ClN9O3. The lowest BCUT2D eigenvalue weighted by Gasteiger charge is -2.31. The van der Waals surface area contributed by atoms with Crippen molar-refractivity contribution in [2.75, 3.05) is 24.3 Å². The lowest BCUT2D eigenvalue weighted by Crippen LogP contribution is -2.46. The van der Waals surface area contributed by atoms with Crippen LogP contribution in [0, 0.1) is 6.92 Å². The smallest absolute Gasteiger partial charge is 0.256 e. The lowest BCUT2D eigenvalue weighted by molar-refractivity contribution is -0.123. The summed E-state index contributed by atoms with van der Waals surface area (Å²) >= 11 is 6.47. The van der Waals surface area contributed by atoms with Crippen LogP contribution in [0.1, 0.15) is 46.8 Å². The predicted octanol–water partition coefficient (Wildman–Crippen LogP) is 3.64. The number of nitrogens with one attached hydrogen (secondary N) is 2. The average molecular weight is 588 g/mol. The van der Waals surface area contributed by atoms with E-state index in [1.165, 1.54) is 11.1 Å². The molecule has 216 valence electrons. The minimum atomic E-state index is -1.37. The van der Waals surface area contributed by atoms with Crippen molar-refractivity contribution >= 4 is 41.0 Å². The molecule has 12 nitrogen and oxygen atoms in total. The van der Waals surface area contributed by atoms with Crippen LogP contribution in [0.5, 0.6) is 0 Å². The Hall–Kier alpha value is -4.68. The van der Waals surface area contributed by atoms with Gasteiger partial charge >= 0.3 is 0 Å². The maximum atomic E-state index is 13.6. The van der Waals surface area contributed by atoms with Crippen LogP contribution < -0.4 is 15.5 Å². The Morgan fingerprint density at radius 1 is 1.14 bits per heavy atom. The SMILES string of the molecule is CCC(=O)N[C@H](c1cccc(N(C)C)n1)[C@H](O)N1Cc2ccc(-c3nc(Nc4ccnc(C)n4)ncc3Cl)cc2C1=O. The number of aromatic nitrogens is 5. The van der Waals surface area contributed by atoms with Gasteiger partial charge in [0.1, 0.15) is 23.5 Å². The van der Waals surface area contributed by atoms with Crippen LogP contribution in [0.4, 0.5) is 17.6 Å². The molecule has 0 radical (unpaired) electrons. The number of carbonyl (C=O) groups is 2. The number of nitrogens with zero attached hydrogens (tertiary/aromatic N) is 7. The summed E-state index contributed by atoms with van der Waals surface area (Å²) < 4.78 is 0. The van der Waals surface area contributed by atoms with Crippen molar-refractivity contribution in [3.05, 3.63) is 82.5 Å². The Bertz CT molecular complexity index is 1650. The Morgan fingerprint density at radius 3 is 2.69 bits per heavy atom. The average Bonchev–Trinajstić information content (AvgIpc) is 3.32. The molecule has 1 aliphatic rings. The van der Waals surface area contributed by atoms with Crippen molar-refractivity contribution in [1.82, 2.24) is 35.1 Å². The largest absolute Gasteiger partial charge is 0.371 e. The third-order valence-electron chi connectivity index (χ3n) is 6.76. The summed E-state index contributed by atoms with van der Waals surface area (Å²) in [5.41, 5.74) is 2.58. The first kappa shape index (κ1) is 28.8. The van der Waals surface area contributed by atoms with Gasteiger partial charge in [0.25, 0.3) is 5.91 Å². The van der Waals surface area contributed by atoms with Crippen LogP contribution in [0.15, 0.2) is 54.9 Å². The third-order valence-corrected chi connectivity index (χ3v) is 7.04. The molecule has 13 heteroatoms. The van der Waals surface area contributed by atoms with Gasteiger partial charge in [-0.15, -0.1) is 0 Å². The number of carbonyl (C=O) groups excluding carboxylic acids is 2. The number of aliphatic hydroxyl groups is 1. The number of amides is 2. The van der Waals surface area contributed by atoms with E-state index < -0.39 is 12.3 Å². The molecule has 5 rings (SSSR count). The molecule has 1 aliphatic heterocycles. The van der Waals surface area contributed by atoms with E-state index in [9.17, 15) is 14.7 Å². The van der Waals surface area contributed by atoms with E-state index in [2.05, 4.69) is 35.6 Å². The normalized spacial score (nSPS) is 13.9. The summed E-state index contributed by atoms with van der Waals surface area (Å²) in [5, 5.41) is 17.7. The Labute approximate surface area is 247 Å². The fraction of sp³-hybridized carbons (Fsp3) is 0.276. The van der Waals surface area contributed by atoms with Crippen LogP contribution in [0.3, 0.4) is 0 Å². The van der Waals surface area contributed by atoms with Crippen LogP contribution in [-0.4, -0.2) is 67.1 Å². The van der Waals surface area contributed by atoms with Gasteiger partial charge in [-0.1, -0.05) is 36.7 Å². The summed E-state index contributed by atoms with van der Waals surface area (Å²) in [6.07, 6.45) is 1.94. The molecule has 1 aromatic carbocycles. The second-order valence-electron chi connectivity index (χ2n) is 9.94. The third kappa shape index (κ3) is 5.99. The van der Waals surface area contributed by atoms with Gasteiger partial charge in [-0.05, 0) is 36.8 Å². The number of rotatable bonds is 9. The first-order valence-electron chi connectivity index (χ1n) is 13.3. The zero-order valence-corrected chi connectivity index (χ0v) is 24.3. The second kappa shape index (κ2) is 12.0. The van der Waals surface area contributed by atoms with Gasteiger partial charge in [0.15, 0.2) is 6.23 Å². The van der Waals surface area contributed by atoms with E-state index in [4.69, 9.17) is 11.6 Å². The molecule has 0 spiro atoms. The van der Waals surface area contributed by atoms with Crippen LogP contribution in [0.25, 0.3) is 11.3 Å². The van der Waals surface area contributed by atoms with E-state index in [0.29, 0.717) is 45.0 Å². The maximum Gasteiger partial charge on any atom is 0.256 e. The molecule has 2 atom stereocenters. The van der Waals surface area contributed by atoms with E-state index in [0.717, 1.165) is 5.56 Å². The molecule has 0 fully saturated rings. The fourth-order valence-electron chi connectivity index (χ4n) is 4.57. The molecule has 0 saturated carbocycles. The van der Waals surface area contributed by atoms with E-state index >= 15 is 0 Å². The molecule has 0 unspecified atom stereocenters. The lowest BCUT2D eigenvalue weighted by atomic mass is 10.0. The first-order chi connectivity index (χ1) is 20.1. The van der Waals surface area contributed by atoms with Gasteiger partial charge in [0.05, 0.1) is 22.6 Å². The minimum absolute atomic E-state index is 0.152. The van der Waals surface area contributed by atoms with E-state index in [1.807, 2.05) is 31.1 Å². The quantitative estimate of drug-likeness (QED) is 0.265. The first-order valence-corrected chi connectivity index (χ1v) is 13.7. The highest BCUT2D eigenvalue weighted by Crippen LogP contribution is 2.34. The Balaban J connectivity index is 1.42. The van der Waals surface area contributed by atoms with Crippen molar-refractivity contribution in [3.8, 4) is 11.3 Å². The minimum Gasteiger partial charge on any atom is -0.371 e. The molecule has 0 aliphatic carbocycles. The summed E-state index contributed by atoms with van der Waals surface area (Å²) in [6, 6.07) is 11.4. The fourth-order valence-corrected chi connectivity index (χ4v) is 4.77. The zero-order valence-electron chi connectivity index (χ0n) is 23.5. The van der Waals surface area contributed by atoms with Crippen molar-refractivity contribution in [3.63, 3.8) is 0 Å². The van der Waals surface area contributed by atoms with Crippen molar-refractivity contribution in [1.29, 1.82) is 0 Å². The van der Waals surface area contributed by atoms with Gasteiger partial charge in [0.2, 0.25) is 11.9 Å². The summed E-state index contributed by atoms with van der Waals surface area (Å²) in [6.45, 7) is 3.64. The number of aryl methyl sites for hydroxylation is 1. The number of aliphatic hydroxyl groups excluding tert-OH is 1. The van der Waals surface area contributed by atoms with Crippen molar-refractivity contribution in [2.24, 2.45) is 0 Å². The van der Waals surface area contributed by atoms with Crippen molar-refractivity contribution in [2.45, 2.75) is 39.1 Å². The Kier molecular flexibility index (Phi) is 8.27. The van der Waals surface area contributed by atoms with E-state index in [1.54, 1.807) is 50.4 Å². The molecule has 4 aromatic rings. The number of hydrogen-bond acceptors (Lipinski definition) is 10. The summed E-state index contributed by atoms with van der Waals surface area (Å²) in [4.78, 5) is 51.0. The number of hydrogen-bond donors (Lipinski definition) is 3. The number of pyridine rings is 1. The number of anilines is 3. The second-order valence-corrected chi connectivity index (χ2v) is 10.3. The van der Waals surface area contributed by atoms with Crippen molar-refractivity contribution < 1.29 is 14.7 Å². The highest BCUT2D eigenvalue weighted by Gasteiger charge is 2.38. The standard InChI is InChI=1S/C29H30ClN9O3/c1-5-24(40)36-26(21-7-6-8-23(34-21)38(3)4)28(42)39-15-18-10-9-17(13-19(18)27(39)41)25-20(30)14-32-29(37-25)35-22-11-12-31-16(2)33-22/h6-14,26,28,42H,5,15H2,1-4H3,(H,36,40)(H,31,32,33,35,37)/t26-,28+/m1/s1. The monoisotopic (exact) mass is 587 g/mol.